The highest BCUT2D eigenvalue weighted by Crippen LogP contribution is 2.47. The Morgan fingerprint density at radius 3 is 1.50 bits per heavy atom. The molecule has 3 aromatic heterocycles. The summed E-state index contributed by atoms with van der Waals surface area (Å²) in [4.78, 5) is 14.9. The average Bonchev–Trinajstić information content (AvgIpc) is 3.16. The SMILES string of the molecule is c1ccc2c(-c3c4ccccc4c(-c4nccc5ccccc45)c4cc(-c5cc6ncccc6c6ccccc56)ccc34)nccc2c1. The molecule has 0 aliphatic carbocycles. The quantitative estimate of drug-likeness (QED) is 0.148. The molecule has 48 heavy (non-hydrogen) atoms. The zero-order valence-electron chi connectivity index (χ0n) is 25.9. The lowest BCUT2D eigenvalue weighted by Gasteiger charge is -2.20. The zero-order chi connectivity index (χ0) is 31.6. The van der Waals surface area contributed by atoms with Gasteiger partial charge in [0.2, 0.25) is 0 Å². The number of nitrogens with zero attached hydrogens (tertiary/aromatic N) is 3. The molecule has 3 heterocycles. The summed E-state index contributed by atoms with van der Waals surface area (Å²) >= 11 is 0. The van der Waals surface area contributed by atoms with Gasteiger partial charge in [0.15, 0.2) is 0 Å². The van der Waals surface area contributed by atoms with Crippen molar-refractivity contribution in [1.29, 1.82) is 0 Å². The molecule has 0 aliphatic heterocycles. The number of benzene rings is 7. The van der Waals surface area contributed by atoms with Gasteiger partial charge in [0.1, 0.15) is 0 Å². The first-order valence-electron chi connectivity index (χ1n) is 16.3. The number of hydrogen-bond donors (Lipinski definition) is 0. The first-order valence-corrected chi connectivity index (χ1v) is 16.3. The van der Waals surface area contributed by atoms with Crippen LogP contribution < -0.4 is 0 Å². The van der Waals surface area contributed by atoms with Gasteiger partial charge in [-0.05, 0) is 84.5 Å². The average molecular weight is 610 g/mol. The molecule has 3 nitrogen and oxygen atoms in total. The van der Waals surface area contributed by atoms with Gasteiger partial charge in [0.05, 0.1) is 16.9 Å². The van der Waals surface area contributed by atoms with E-state index in [1.807, 2.05) is 24.7 Å². The van der Waals surface area contributed by atoms with Crippen LogP contribution in [0.1, 0.15) is 0 Å². The third-order valence-corrected chi connectivity index (χ3v) is 9.78. The molecular weight excluding hydrogens is 583 g/mol. The predicted octanol–water partition coefficient (Wildman–Crippen LogP) is 11.8. The van der Waals surface area contributed by atoms with Crippen molar-refractivity contribution in [3.05, 3.63) is 164 Å². The van der Waals surface area contributed by atoms with Crippen LogP contribution in [0.3, 0.4) is 0 Å². The first-order chi connectivity index (χ1) is 23.8. The maximum atomic E-state index is 5.10. The van der Waals surface area contributed by atoms with E-state index in [1.54, 1.807) is 0 Å². The number of rotatable bonds is 3. The Morgan fingerprint density at radius 2 is 0.833 bits per heavy atom. The van der Waals surface area contributed by atoms with E-state index < -0.39 is 0 Å². The van der Waals surface area contributed by atoms with Gasteiger partial charge in [-0.3, -0.25) is 15.0 Å². The van der Waals surface area contributed by atoms with Gasteiger partial charge in [-0.15, -0.1) is 0 Å². The molecular formula is C45H27N3. The minimum atomic E-state index is 0.980. The van der Waals surface area contributed by atoms with E-state index in [4.69, 9.17) is 15.0 Å². The molecule has 0 N–H and O–H groups in total. The van der Waals surface area contributed by atoms with E-state index in [0.29, 0.717) is 0 Å². The van der Waals surface area contributed by atoms with Crippen molar-refractivity contribution in [3.63, 3.8) is 0 Å². The highest BCUT2D eigenvalue weighted by Gasteiger charge is 2.21. The Balaban J connectivity index is 1.39. The van der Waals surface area contributed by atoms with Crippen LogP contribution in [0.4, 0.5) is 0 Å². The molecule has 0 spiro atoms. The van der Waals surface area contributed by atoms with Crippen molar-refractivity contribution < 1.29 is 0 Å². The molecule has 0 fully saturated rings. The summed E-state index contributed by atoms with van der Waals surface area (Å²) in [7, 11) is 0. The van der Waals surface area contributed by atoms with Crippen molar-refractivity contribution in [1.82, 2.24) is 15.0 Å². The minimum Gasteiger partial charge on any atom is -0.256 e. The second kappa shape index (κ2) is 10.5. The van der Waals surface area contributed by atoms with E-state index in [1.165, 1.54) is 21.5 Å². The van der Waals surface area contributed by atoms with Gasteiger partial charge in [0, 0.05) is 45.9 Å². The molecule has 7 aromatic carbocycles. The standard InChI is InChI=1S/C45H27N3/c1-3-12-31-28(10-1)21-24-47-44(31)42-36-16-7-8-17-37(36)43(45-32-13-4-2-11-29(32)22-25-48-45)40-26-30(19-20-38(40)42)39-27-41-35(18-9-23-46-41)33-14-5-6-15-34(33)39/h1-27H. The molecule has 3 heteroatoms. The Bertz CT molecular complexity index is 2900. The van der Waals surface area contributed by atoms with E-state index in [-0.39, 0.29) is 0 Å². The number of aromatic nitrogens is 3. The van der Waals surface area contributed by atoms with Gasteiger partial charge in [-0.2, -0.15) is 0 Å². The van der Waals surface area contributed by atoms with Crippen LogP contribution in [0.25, 0.3) is 98.4 Å². The van der Waals surface area contributed by atoms with Gasteiger partial charge in [0.25, 0.3) is 0 Å². The second-order valence-electron chi connectivity index (χ2n) is 12.4. The number of fused-ring (bicyclic) bond motifs is 7. The fourth-order valence-electron chi connectivity index (χ4n) is 7.66. The van der Waals surface area contributed by atoms with Crippen molar-refractivity contribution >= 4 is 64.8 Å². The molecule has 0 saturated carbocycles. The molecule has 10 rings (SSSR count). The van der Waals surface area contributed by atoms with Gasteiger partial charge >= 0.3 is 0 Å². The van der Waals surface area contributed by atoms with Gasteiger partial charge in [-0.25, -0.2) is 0 Å². The summed E-state index contributed by atoms with van der Waals surface area (Å²) in [5.41, 5.74) is 7.52. The molecule has 0 atom stereocenters. The lowest BCUT2D eigenvalue weighted by atomic mass is 9.85. The number of hydrogen-bond acceptors (Lipinski definition) is 3. The first kappa shape index (κ1) is 26.7. The fraction of sp³-hybridized carbons (Fsp3) is 0. The van der Waals surface area contributed by atoms with E-state index >= 15 is 0 Å². The normalized spacial score (nSPS) is 11.8. The lowest BCUT2D eigenvalue weighted by molar-refractivity contribution is 1.36. The highest BCUT2D eigenvalue weighted by atomic mass is 14.7. The Hall–Kier alpha value is -6.45. The van der Waals surface area contributed by atoms with E-state index in [2.05, 4.69) is 140 Å². The number of pyridine rings is 3. The second-order valence-corrected chi connectivity index (χ2v) is 12.4. The summed E-state index contributed by atoms with van der Waals surface area (Å²) in [6.45, 7) is 0. The summed E-state index contributed by atoms with van der Waals surface area (Å²) in [6.07, 6.45) is 5.74. The largest absolute Gasteiger partial charge is 0.256 e. The van der Waals surface area contributed by atoms with Crippen LogP contribution in [-0.2, 0) is 0 Å². The van der Waals surface area contributed by atoms with Crippen molar-refractivity contribution in [2.75, 3.05) is 0 Å². The summed E-state index contributed by atoms with van der Waals surface area (Å²) in [6, 6.07) is 52.0. The van der Waals surface area contributed by atoms with Crippen molar-refractivity contribution in [3.8, 4) is 33.6 Å². The summed E-state index contributed by atoms with van der Waals surface area (Å²) in [5.74, 6) is 0. The third kappa shape index (κ3) is 3.98. The summed E-state index contributed by atoms with van der Waals surface area (Å²) in [5, 5.41) is 12.8. The van der Waals surface area contributed by atoms with Gasteiger partial charge < -0.3 is 0 Å². The van der Waals surface area contributed by atoms with E-state index in [0.717, 1.165) is 76.9 Å². The molecule has 10 aromatic rings. The maximum absolute atomic E-state index is 5.10. The Kier molecular flexibility index (Phi) is 5.87. The molecule has 222 valence electrons. The third-order valence-electron chi connectivity index (χ3n) is 9.78. The minimum absolute atomic E-state index is 0.980. The Morgan fingerprint density at radius 1 is 0.312 bits per heavy atom. The predicted molar refractivity (Wildman–Crippen MR) is 201 cm³/mol. The fourth-order valence-corrected chi connectivity index (χ4v) is 7.66. The van der Waals surface area contributed by atoms with E-state index in [9.17, 15) is 0 Å². The molecule has 0 amide bonds. The Labute approximate surface area is 276 Å². The van der Waals surface area contributed by atoms with Crippen molar-refractivity contribution in [2.24, 2.45) is 0 Å². The summed E-state index contributed by atoms with van der Waals surface area (Å²) < 4.78 is 0. The topological polar surface area (TPSA) is 38.7 Å². The maximum Gasteiger partial charge on any atom is 0.0792 e. The molecule has 0 saturated heterocycles. The molecule has 0 unspecified atom stereocenters. The monoisotopic (exact) mass is 609 g/mol. The van der Waals surface area contributed by atoms with Crippen molar-refractivity contribution in [2.45, 2.75) is 0 Å². The van der Waals surface area contributed by atoms with Crippen LogP contribution in [-0.4, -0.2) is 15.0 Å². The molecule has 0 aliphatic rings. The lowest BCUT2D eigenvalue weighted by Crippen LogP contribution is -1.96. The highest BCUT2D eigenvalue weighted by molar-refractivity contribution is 6.25. The molecule has 0 radical (unpaired) electrons. The van der Waals surface area contributed by atoms with Crippen LogP contribution in [0, 0.1) is 0 Å². The van der Waals surface area contributed by atoms with Crippen LogP contribution in [0.2, 0.25) is 0 Å². The smallest absolute Gasteiger partial charge is 0.0792 e. The zero-order valence-corrected chi connectivity index (χ0v) is 25.9. The van der Waals surface area contributed by atoms with Gasteiger partial charge in [-0.1, -0.05) is 115 Å². The van der Waals surface area contributed by atoms with Crippen LogP contribution in [0.5, 0.6) is 0 Å². The molecule has 0 bridgehead atoms. The van der Waals surface area contributed by atoms with Crippen LogP contribution >= 0.6 is 0 Å². The van der Waals surface area contributed by atoms with Crippen LogP contribution in [0.15, 0.2) is 164 Å².